The van der Waals surface area contributed by atoms with E-state index in [1.807, 2.05) is 16.8 Å². The zero-order chi connectivity index (χ0) is 13.2. The topological polar surface area (TPSA) is 85.1 Å². The summed E-state index contributed by atoms with van der Waals surface area (Å²) in [5, 5.41) is 3.82. The number of sulfonamides is 1. The number of pyridine rings is 1. The van der Waals surface area contributed by atoms with E-state index in [1.165, 1.54) is 29.7 Å². The molecule has 2 aromatic rings. The Hall–Kier alpha value is -1.44. The summed E-state index contributed by atoms with van der Waals surface area (Å²) in [6, 6.07) is 4.51. The molecule has 2 heterocycles. The van der Waals surface area contributed by atoms with Crippen molar-refractivity contribution in [2.75, 3.05) is 5.73 Å². The van der Waals surface area contributed by atoms with Gasteiger partial charge in [-0.25, -0.2) is 18.1 Å². The number of nitrogens with one attached hydrogen (secondary N) is 1. The minimum Gasteiger partial charge on any atom is -0.384 e. The second kappa shape index (κ2) is 5.05. The molecule has 0 aliphatic heterocycles. The summed E-state index contributed by atoms with van der Waals surface area (Å²) in [6.07, 6.45) is 1.25. The first-order valence-electron chi connectivity index (χ1n) is 5.25. The largest absolute Gasteiger partial charge is 0.384 e. The fourth-order valence-electron chi connectivity index (χ4n) is 1.44. The van der Waals surface area contributed by atoms with E-state index in [-0.39, 0.29) is 10.9 Å². The quantitative estimate of drug-likeness (QED) is 0.895. The van der Waals surface area contributed by atoms with E-state index in [1.54, 1.807) is 6.92 Å². The first-order valence-corrected chi connectivity index (χ1v) is 7.67. The minimum atomic E-state index is -3.57. The van der Waals surface area contributed by atoms with Crippen LogP contribution >= 0.6 is 11.3 Å². The summed E-state index contributed by atoms with van der Waals surface area (Å²) in [6.45, 7) is 1.80. The summed E-state index contributed by atoms with van der Waals surface area (Å²) < 4.78 is 26.7. The van der Waals surface area contributed by atoms with Gasteiger partial charge in [0.2, 0.25) is 10.0 Å². The molecule has 5 nitrogen and oxygen atoms in total. The number of rotatable bonds is 4. The lowest BCUT2D eigenvalue weighted by Gasteiger charge is -2.12. The highest BCUT2D eigenvalue weighted by atomic mass is 32.2. The number of anilines is 1. The Labute approximate surface area is 110 Å². The molecule has 7 heteroatoms. The van der Waals surface area contributed by atoms with Gasteiger partial charge in [-0.3, -0.25) is 0 Å². The Balaban J connectivity index is 2.20. The van der Waals surface area contributed by atoms with Gasteiger partial charge in [-0.2, -0.15) is 11.3 Å². The third kappa shape index (κ3) is 2.87. The van der Waals surface area contributed by atoms with Crippen LogP contribution in [0.1, 0.15) is 18.5 Å². The number of thiophene rings is 1. The lowest BCUT2D eigenvalue weighted by Crippen LogP contribution is -2.26. The van der Waals surface area contributed by atoms with Gasteiger partial charge in [0.15, 0.2) is 0 Å². The monoisotopic (exact) mass is 283 g/mol. The van der Waals surface area contributed by atoms with Crippen molar-refractivity contribution in [1.29, 1.82) is 0 Å². The van der Waals surface area contributed by atoms with E-state index in [0.717, 1.165) is 5.56 Å². The van der Waals surface area contributed by atoms with Crippen LogP contribution in [0.4, 0.5) is 5.82 Å². The molecule has 96 valence electrons. The molecule has 0 aliphatic rings. The van der Waals surface area contributed by atoms with E-state index in [4.69, 9.17) is 5.73 Å². The highest BCUT2D eigenvalue weighted by Crippen LogP contribution is 2.18. The molecule has 0 bridgehead atoms. The maximum Gasteiger partial charge on any atom is 0.242 e. The van der Waals surface area contributed by atoms with E-state index >= 15 is 0 Å². The van der Waals surface area contributed by atoms with Gasteiger partial charge in [-0.05, 0) is 41.4 Å². The maximum absolute atomic E-state index is 12.1. The SMILES string of the molecule is CC(NS(=O)(=O)c1ccc(N)nc1)c1ccsc1. The molecular weight excluding hydrogens is 270 g/mol. The Morgan fingerprint density at radius 3 is 2.72 bits per heavy atom. The molecule has 2 rings (SSSR count). The van der Waals surface area contributed by atoms with Crippen LogP contribution in [0.3, 0.4) is 0 Å². The van der Waals surface area contributed by atoms with Gasteiger partial charge in [0.25, 0.3) is 0 Å². The predicted molar refractivity (Wildman–Crippen MR) is 71.7 cm³/mol. The first-order chi connectivity index (χ1) is 8.49. The zero-order valence-electron chi connectivity index (χ0n) is 9.70. The number of aromatic nitrogens is 1. The van der Waals surface area contributed by atoms with Crippen LogP contribution in [0.15, 0.2) is 40.1 Å². The van der Waals surface area contributed by atoms with Crippen molar-refractivity contribution in [3.05, 3.63) is 40.7 Å². The van der Waals surface area contributed by atoms with E-state index in [9.17, 15) is 8.42 Å². The Kier molecular flexibility index (Phi) is 3.65. The molecule has 0 saturated heterocycles. The van der Waals surface area contributed by atoms with Crippen LogP contribution in [0.2, 0.25) is 0 Å². The number of hydrogen-bond donors (Lipinski definition) is 2. The molecule has 2 aromatic heterocycles. The lowest BCUT2D eigenvalue weighted by atomic mass is 10.2. The molecule has 0 aliphatic carbocycles. The third-order valence-corrected chi connectivity index (χ3v) is 4.67. The van der Waals surface area contributed by atoms with Crippen LogP contribution in [-0.2, 0) is 10.0 Å². The number of hydrogen-bond acceptors (Lipinski definition) is 5. The average molecular weight is 283 g/mol. The minimum absolute atomic E-state index is 0.110. The third-order valence-electron chi connectivity index (χ3n) is 2.44. The van der Waals surface area contributed by atoms with Crippen LogP contribution in [0, 0.1) is 0 Å². The second-order valence-electron chi connectivity index (χ2n) is 3.82. The van der Waals surface area contributed by atoms with Gasteiger partial charge in [0.1, 0.15) is 10.7 Å². The van der Waals surface area contributed by atoms with Crippen molar-refractivity contribution in [1.82, 2.24) is 9.71 Å². The van der Waals surface area contributed by atoms with Crippen molar-refractivity contribution < 1.29 is 8.42 Å². The van der Waals surface area contributed by atoms with Gasteiger partial charge in [-0.15, -0.1) is 0 Å². The average Bonchev–Trinajstić information content (AvgIpc) is 2.82. The molecule has 0 saturated carbocycles. The van der Waals surface area contributed by atoms with Crippen molar-refractivity contribution in [2.45, 2.75) is 17.9 Å². The molecule has 18 heavy (non-hydrogen) atoms. The Morgan fingerprint density at radius 1 is 1.39 bits per heavy atom. The molecule has 0 spiro atoms. The van der Waals surface area contributed by atoms with Gasteiger partial charge in [0.05, 0.1) is 0 Å². The van der Waals surface area contributed by atoms with Crippen LogP contribution in [-0.4, -0.2) is 13.4 Å². The van der Waals surface area contributed by atoms with Crippen LogP contribution < -0.4 is 10.5 Å². The van der Waals surface area contributed by atoms with Crippen molar-refractivity contribution in [3.63, 3.8) is 0 Å². The summed E-state index contributed by atoms with van der Waals surface area (Å²) in [5.41, 5.74) is 6.36. The van der Waals surface area contributed by atoms with Crippen LogP contribution in [0.25, 0.3) is 0 Å². The number of nitrogens with two attached hydrogens (primary N) is 1. The van der Waals surface area contributed by atoms with Crippen LogP contribution in [0.5, 0.6) is 0 Å². The van der Waals surface area contributed by atoms with E-state index < -0.39 is 10.0 Å². The smallest absolute Gasteiger partial charge is 0.242 e. The normalized spacial score (nSPS) is 13.4. The van der Waals surface area contributed by atoms with Crippen molar-refractivity contribution in [2.24, 2.45) is 0 Å². The molecule has 0 aromatic carbocycles. The first kappa shape index (κ1) is 13.0. The predicted octanol–water partition coefficient (Wildman–Crippen LogP) is 1.76. The van der Waals surface area contributed by atoms with Gasteiger partial charge < -0.3 is 5.73 Å². The fourth-order valence-corrected chi connectivity index (χ4v) is 3.37. The summed E-state index contributed by atoms with van der Waals surface area (Å²) in [4.78, 5) is 3.89. The molecule has 0 radical (unpaired) electrons. The molecule has 1 atom stereocenters. The standard InChI is InChI=1S/C11H13N3O2S2/c1-8(9-4-5-17-7-9)14-18(15,16)10-2-3-11(12)13-6-10/h2-8,14H,1H3,(H2,12,13). The second-order valence-corrected chi connectivity index (χ2v) is 6.31. The maximum atomic E-state index is 12.1. The summed E-state index contributed by atoms with van der Waals surface area (Å²) in [7, 11) is -3.57. The van der Waals surface area contributed by atoms with Gasteiger partial charge in [0, 0.05) is 12.2 Å². The van der Waals surface area contributed by atoms with E-state index in [2.05, 4.69) is 9.71 Å². The fraction of sp³-hybridized carbons (Fsp3) is 0.182. The molecule has 3 N–H and O–H groups in total. The van der Waals surface area contributed by atoms with Crippen molar-refractivity contribution >= 4 is 27.2 Å². The summed E-state index contributed by atoms with van der Waals surface area (Å²) in [5.74, 6) is 0.292. The highest BCUT2D eigenvalue weighted by Gasteiger charge is 2.18. The Bertz CT molecular complexity index is 606. The Morgan fingerprint density at radius 2 is 2.17 bits per heavy atom. The summed E-state index contributed by atoms with van der Waals surface area (Å²) >= 11 is 1.53. The van der Waals surface area contributed by atoms with Gasteiger partial charge in [-0.1, -0.05) is 0 Å². The van der Waals surface area contributed by atoms with E-state index in [0.29, 0.717) is 5.82 Å². The molecular formula is C11H13N3O2S2. The molecule has 1 unspecified atom stereocenters. The number of nitrogen functional groups attached to an aromatic ring is 1. The lowest BCUT2D eigenvalue weighted by molar-refractivity contribution is 0.567. The van der Waals surface area contributed by atoms with Crippen molar-refractivity contribution in [3.8, 4) is 0 Å². The zero-order valence-corrected chi connectivity index (χ0v) is 11.3. The molecule has 0 fully saturated rings. The number of nitrogens with zero attached hydrogens (tertiary/aromatic N) is 1. The highest BCUT2D eigenvalue weighted by molar-refractivity contribution is 7.89. The van der Waals surface area contributed by atoms with Gasteiger partial charge >= 0.3 is 0 Å². The molecule has 0 amide bonds.